The zero-order valence-electron chi connectivity index (χ0n) is 26.2. The van der Waals surface area contributed by atoms with Crippen molar-refractivity contribution in [1.29, 1.82) is 0 Å². The number of alkyl halides is 3. The monoisotopic (exact) mass is 667 g/mol. The lowest BCUT2D eigenvalue weighted by Gasteiger charge is -2.34. The first-order valence-corrected chi connectivity index (χ1v) is 15.6. The van der Waals surface area contributed by atoms with Crippen LogP contribution in [0.3, 0.4) is 0 Å². The highest BCUT2D eigenvalue weighted by Gasteiger charge is 2.39. The van der Waals surface area contributed by atoms with E-state index in [1.807, 2.05) is 73.7 Å². The predicted molar refractivity (Wildman–Crippen MR) is 178 cm³/mol. The number of nitrogens with zero attached hydrogens (tertiary/aromatic N) is 5. The van der Waals surface area contributed by atoms with E-state index in [9.17, 15) is 13.2 Å². The average Bonchev–Trinajstić information content (AvgIpc) is 3.63. The Morgan fingerprint density at radius 2 is 1.38 bits per heavy atom. The molecule has 0 fully saturated rings. The van der Waals surface area contributed by atoms with E-state index in [0.717, 1.165) is 32.5 Å². The molecule has 0 aliphatic heterocycles. The van der Waals surface area contributed by atoms with Crippen LogP contribution in [0.15, 0.2) is 133 Å². The van der Waals surface area contributed by atoms with Gasteiger partial charge in [-0.2, -0.15) is 18.3 Å². The van der Waals surface area contributed by atoms with Crippen LogP contribution >= 0.6 is 12.6 Å². The van der Waals surface area contributed by atoms with Crippen LogP contribution in [0, 0.1) is 0 Å². The number of rotatable bonds is 11. The molecule has 0 amide bonds. The Morgan fingerprint density at radius 1 is 0.688 bits per heavy atom. The fourth-order valence-electron chi connectivity index (χ4n) is 5.61. The molecule has 0 aliphatic rings. The third-order valence-corrected chi connectivity index (χ3v) is 8.63. The van der Waals surface area contributed by atoms with Crippen LogP contribution in [0.2, 0.25) is 0 Å². The van der Waals surface area contributed by atoms with Crippen molar-refractivity contribution < 1.29 is 22.6 Å². The van der Waals surface area contributed by atoms with Gasteiger partial charge in [0.2, 0.25) is 5.88 Å². The Kier molecular flexibility index (Phi) is 9.34. The fourth-order valence-corrected chi connectivity index (χ4v) is 6.00. The summed E-state index contributed by atoms with van der Waals surface area (Å²) in [6.07, 6.45) is -1.72. The number of thiol groups is 1. The molecule has 11 heteroatoms. The Balaban J connectivity index is 1.44. The van der Waals surface area contributed by atoms with Gasteiger partial charge in [-0.15, -0.1) is 12.6 Å². The molecule has 4 heterocycles. The Bertz CT molecular complexity index is 1990. The Morgan fingerprint density at radius 3 is 2.08 bits per heavy atom. The standard InChI is InChI=1S/C37H32F3N5O2S/c1-35(26-12-4-3-5-13-26,27-14-6-7-15-28(27)48)29-16-10-17-30(42-29)36(2,47-25-24-46-34-20-8-9-22-41-34)31-18-11-19-33(43-31)45-23-21-32(44-45)37(38,39)40/h3-23,48H,24-25H2,1-2H3. The minimum atomic E-state index is -4.59. The second-order valence-electron chi connectivity index (χ2n) is 11.3. The second-order valence-corrected chi connectivity index (χ2v) is 11.8. The van der Waals surface area contributed by atoms with Crippen LogP contribution in [0.1, 0.15) is 47.8 Å². The van der Waals surface area contributed by atoms with E-state index >= 15 is 0 Å². The summed E-state index contributed by atoms with van der Waals surface area (Å²) in [5.74, 6) is 0.642. The van der Waals surface area contributed by atoms with Gasteiger partial charge in [0.1, 0.15) is 12.2 Å². The molecule has 2 unspecified atom stereocenters. The van der Waals surface area contributed by atoms with Crippen LogP contribution in [0.5, 0.6) is 5.88 Å². The van der Waals surface area contributed by atoms with Crippen LogP contribution < -0.4 is 4.74 Å². The van der Waals surface area contributed by atoms with Gasteiger partial charge < -0.3 is 9.47 Å². The van der Waals surface area contributed by atoms with Crippen molar-refractivity contribution in [3.63, 3.8) is 0 Å². The third kappa shape index (κ3) is 6.69. The molecular weight excluding hydrogens is 636 g/mol. The van der Waals surface area contributed by atoms with E-state index in [1.165, 1.54) is 6.20 Å². The molecule has 2 atom stereocenters. The molecule has 48 heavy (non-hydrogen) atoms. The van der Waals surface area contributed by atoms with Crippen molar-refractivity contribution in [2.75, 3.05) is 13.2 Å². The highest BCUT2D eigenvalue weighted by Crippen LogP contribution is 2.42. The first-order chi connectivity index (χ1) is 23.1. The summed E-state index contributed by atoms with van der Waals surface area (Å²) < 4.78 is 53.6. The fraction of sp³-hybridized carbons (Fsp3) is 0.189. The van der Waals surface area contributed by atoms with Gasteiger partial charge >= 0.3 is 6.18 Å². The summed E-state index contributed by atoms with van der Waals surface area (Å²) in [5.41, 5.74) is 0.691. The molecule has 0 spiro atoms. The number of aromatic nitrogens is 5. The molecule has 4 aromatic heterocycles. The minimum absolute atomic E-state index is 0.125. The third-order valence-electron chi connectivity index (χ3n) is 8.24. The zero-order valence-corrected chi connectivity index (χ0v) is 27.1. The number of benzene rings is 2. The maximum atomic E-state index is 13.4. The zero-order chi connectivity index (χ0) is 33.8. The summed E-state index contributed by atoms with van der Waals surface area (Å²) in [5, 5.41) is 3.72. The van der Waals surface area contributed by atoms with Crippen molar-refractivity contribution in [1.82, 2.24) is 24.7 Å². The minimum Gasteiger partial charge on any atom is -0.475 e. The molecule has 0 N–H and O–H groups in total. The van der Waals surface area contributed by atoms with E-state index in [0.29, 0.717) is 17.3 Å². The SMILES string of the molecule is CC(OCCOc1ccccn1)(c1cccc(-n2ccc(C(F)(F)F)n2)n1)c1cccc(C(C)(c2ccccc2)c2ccccc2S)n1. The molecule has 0 saturated carbocycles. The van der Waals surface area contributed by atoms with Gasteiger partial charge in [-0.3, -0.25) is 4.98 Å². The lowest BCUT2D eigenvalue weighted by molar-refractivity contribution is -0.141. The van der Waals surface area contributed by atoms with E-state index in [4.69, 9.17) is 32.1 Å². The van der Waals surface area contributed by atoms with Crippen LogP contribution in [0.4, 0.5) is 13.2 Å². The molecule has 0 aliphatic carbocycles. The second kappa shape index (κ2) is 13.6. The summed E-state index contributed by atoms with van der Waals surface area (Å²) in [6.45, 7) is 4.25. The van der Waals surface area contributed by atoms with Gasteiger partial charge in [0.05, 0.1) is 29.1 Å². The van der Waals surface area contributed by atoms with E-state index < -0.39 is 22.9 Å². The van der Waals surface area contributed by atoms with E-state index in [2.05, 4.69) is 29.1 Å². The lowest BCUT2D eigenvalue weighted by atomic mass is 9.73. The molecule has 7 nitrogen and oxygen atoms in total. The van der Waals surface area contributed by atoms with Crippen LogP contribution in [-0.4, -0.2) is 37.9 Å². The van der Waals surface area contributed by atoms with Crippen molar-refractivity contribution in [2.24, 2.45) is 0 Å². The Hall–Kier alpha value is -5.00. The molecule has 6 aromatic rings. The van der Waals surface area contributed by atoms with E-state index in [-0.39, 0.29) is 19.0 Å². The normalized spacial score (nSPS) is 14.2. The highest BCUT2D eigenvalue weighted by molar-refractivity contribution is 7.80. The quantitative estimate of drug-likeness (QED) is 0.111. The molecule has 0 bridgehead atoms. The van der Waals surface area contributed by atoms with Crippen molar-refractivity contribution in [2.45, 2.75) is 35.9 Å². The number of hydrogen-bond donors (Lipinski definition) is 1. The van der Waals surface area contributed by atoms with Gasteiger partial charge in [0.15, 0.2) is 11.5 Å². The number of ether oxygens (including phenoxy) is 2. The van der Waals surface area contributed by atoms with Gasteiger partial charge in [-0.05, 0) is 67.4 Å². The summed E-state index contributed by atoms with van der Waals surface area (Å²) in [6, 6.07) is 35.0. The summed E-state index contributed by atoms with van der Waals surface area (Å²) >= 11 is 4.82. The number of pyridine rings is 3. The first-order valence-electron chi connectivity index (χ1n) is 15.2. The van der Waals surface area contributed by atoms with Gasteiger partial charge in [-0.25, -0.2) is 14.6 Å². The molecule has 244 valence electrons. The highest BCUT2D eigenvalue weighted by atomic mass is 32.1. The summed E-state index contributed by atoms with van der Waals surface area (Å²) in [7, 11) is 0. The lowest BCUT2D eigenvalue weighted by Crippen LogP contribution is -2.34. The maximum absolute atomic E-state index is 13.4. The topological polar surface area (TPSA) is 75.0 Å². The molecule has 2 aromatic carbocycles. The number of hydrogen-bond acceptors (Lipinski definition) is 7. The van der Waals surface area contributed by atoms with Gasteiger partial charge in [-0.1, -0.05) is 66.7 Å². The molecule has 0 saturated heterocycles. The average molecular weight is 668 g/mol. The van der Waals surface area contributed by atoms with Crippen LogP contribution in [0.25, 0.3) is 5.82 Å². The Labute approximate surface area is 281 Å². The predicted octanol–water partition coefficient (Wildman–Crippen LogP) is 8.08. The van der Waals surface area contributed by atoms with Crippen molar-refractivity contribution in [3.8, 4) is 11.7 Å². The summed E-state index contributed by atoms with van der Waals surface area (Å²) in [4.78, 5) is 15.0. The number of halogens is 3. The molecular formula is C37H32F3N5O2S. The smallest absolute Gasteiger partial charge is 0.435 e. The van der Waals surface area contributed by atoms with Gasteiger partial charge in [0, 0.05) is 23.4 Å². The van der Waals surface area contributed by atoms with Crippen LogP contribution in [-0.2, 0) is 21.9 Å². The van der Waals surface area contributed by atoms with Crippen molar-refractivity contribution in [3.05, 3.63) is 162 Å². The maximum Gasteiger partial charge on any atom is 0.435 e. The van der Waals surface area contributed by atoms with Gasteiger partial charge in [0.25, 0.3) is 0 Å². The molecule has 0 radical (unpaired) electrons. The first kappa shape index (κ1) is 32.9. The molecule has 6 rings (SSSR count). The van der Waals surface area contributed by atoms with Crippen molar-refractivity contribution >= 4 is 12.6 Å². The van der Waals surface area contributed by atoms with E-state index in [1.54, 1.807) is 36.5 Å². The largest absolute Gasteiger partial charge is 0.475 e.